The molecule has 0 saturated carbocycles. The van der Waals surface area contributed by atoms with E-state index in [2.05, 4.69) is 27.7 Å². The van der Waals surface area contributed by atoms with E-state index in [1.54, 1.807) is 13.8 Å². The average molecular weight is 681 g/mol. The minimum atomic E-state index is -0.719. The van der Waals surface area contributed by atoms with Gasteiger partial charge in [-0.1, -0.05) is 135 Å². The van der Waals surface area contributed by atoms with E-state index < -0.39 is 24.1 Å². The standard InChI is InChI=1S/C44H56O6/c1-29(19-15-21-31(3)23-25-37-33(5)41(47)39(49-35(7)45)27-43(37,9)10)17-13-14-18-30(2)20-16-22-32(4)24-26-38-34(6)42(48)40(50-36(8)46)28-44(38,11)12/h13-26,39-40H,27-28H2,1-12H3/b14-13+,19-15+,20-16+,25-23+,26-24+,29-17+,30-18+,31-21+,32-22+/t39-,40+. The van der Waals surface area contributed by atoms with Crippen LogP contribution in [0.25, 0.3) is 0 Å². The molecule has 0 fully saturated rings. The molecular formula is C44H56O6. The third-order valence-electron chi connectivity index (χ3n) is 8.89. The van der Waals surface area contributed by atoms with E-state index in [1.807, 2.05) is 113 Å². The number of esters is 2. The second kappa shape index (κ2) is 18.4. The molecule has 0 aromatic carbocycles. The summed E-state index contributed by atoms with van der Waals surface area (Å²) in [5.41, 5.74) is 6.94. The summed E-state index contributed by atoms with van der Waals surface area (Å²) in [5, 5.41) is 0. The van der Waals surface area contributed by atoms with Gasteiger partial charge in [-0.25, -0.2) is 0 Å². The minimum absolute atomic E-state index is 0.127. The molecule has 0 radical (unpaired) electrons. The zero-order valence-electron chi connectivity index (χ0n) is 32.1. The molecule has 0 aromatic rings. The molecule has 0 spiro atoms. The number of hydrogen-bond donors (Lipinski definition) is 0. The van der Waals surface area contributed by atoms with Crippen LogP contribution in [-0.4, -0.2) is 35.7 Å². The predicted octanol–water partition coefficient (Wildman–Crippen LogP) is 10.0. The highest BCUT2D eigenvalue weighted by Gasteiger charge is 2.40. The Kier molecular flexibility index (Phi) is 15.3. The molecule has 2 atom stereocenters. The van der Waals surface area contributed by atoms with E-state index in [4.69, 9.17) is 9.47 Å². The monoisotopic (exact) mass is 680 g/mol. The van der Waals surface area contributed by atoms with Crippen molar-refractivity contribution in [2.75, 3.05) is 0 Å². The molecule has 0 N–H and O–H groups in total. The first-order valence-corrected chi connectivity index (χ1v) is 17.2. The van der Waals surface area contributed by atoms with Crippen LogP contribution in [0.5, 0.6) is 0 Å². The molecule has 0 amide bonds. The number of carbonyl (C=O) groups excluding carboxylic acids is 4. The van der Waals surface area contributed by atoms with Gasteiger partial charge < -0.3 is 9.47 Å². The van der Waals surface area contributed by atoms with Crippen molar-refractivity contribution in [1.82, 2.24) is 0 Å². The first kappa shape index (κ1) is 41.6. The van der Waals surface area contributed by atoms with E-state index in [1.165, 1.54) is 13.8 Å². The Bertz CT molecular complexity index is 1560. The van der Waals surface area contributed by atoms with Crippen molar-refractivity contribution in [3.05, 3.63) is 130 Å². The molecule has 2 aliphatic carbocycles. The smallest absolute Gasteiger partial charge is 0.303 e. The van der Waals surface area contributed by atoms with Crippen LogP contribution in [0.3, 0.4) is 0 Å². The zero-order valence-corrected chi connectivity index (χ0v) is 32.1. The number of ketones is 2. The lowest BCUT2D eigenvalue weighted by Crippen LogP contribution is -2.38. The largest absolute Gasteiger partial charge is 0.454 e. The van der Waals surface area contributed by atoms with Gasteiger partial charge in [-0.15, -0.1) is 0 Å². The maximum absolute atomic E-state index is 12.8. The van der Waals surface area contributed by atoms with Gasteiger partial charge in [0.05, 0.1) is 0 Å². The summed E-state index contributed by atoms with van der Waals surface area (Å²) in [5.74, 6) is -1.13. The van der Waals surface area contributed by atoms with Crippen LogP contribution in [0.1, 0.15) is 95.9 Å². The molecule has 0 aliphatic heterocycles. The van der Waals surface area contributed by atoms with Crippen molar-refractivity contribution >= 4 is 23.5 Å². The first-order chi connectivity index (χ1) is 23.2. The fourth-order valence-corrected chi connectivity index (χ4v) is 6.16. The zero-order chi connectivity index (χ0) is 37.8. The summed E-state index contributed by atoms with van der Waals surface area (Å²) in [6, 6.07) is 0. The number of Topliss-reactive ketones (excluding diaryl/α,β-unsaturated/α-hetero) is 2. The van der Waals surface area contributed by atoms with Crippen molar-refractivity contribution in [2.24, 2.45) is 10.8 Å². The van der Waals surface area contributed by atoms with Crippen LogP contribution in [0, 0.1) is 10.8 Å². The molecule has 0 aromatic heterocycles. The van der Waals surface area contributed by atoms with Gasteiger partial charge in [-0.05, 0) is 74.7 Å². The molecule has 0 heterocycles. The number of carbonyl (C=O) groups is 4. The van der Waals surface area contributed by atoms with Crippen LogP contribution in [-0.2, 0) is 28.7 Å². The Morgan fingerprint density at radius 3 is 1.16 bits per heavy atom. The fraction of sp³-hybridized carbons (Fsp3) is 0.409. The van der Waals surface area contributed by atoms with E-state index >= 15 is 0 Å². The summed E-state index contributed by atoms with van der Waals surface area (Å²) in [6.45, 7) is 22.7. The van der Waals surface area contributed by atoms with E-state index in [0.29, 0.717) is 24.0 Å². The number of hydrogen-bond acceptors (Lipinski definition) is 6. The molecule has 0 saturated heterocycles. The molecule has 6 heteroatoms. The molecule has 2 aliphatic rings. The van der Waals surface area contributed by atoms with Crippen LogP contribution in [0.15, 0.2) is 130 Å². The number of allylic oxidation sites excluding steroid dienone is 20. The lowest BCUT2D eigenvalue weighted by molar-refractivity contribution is -0.154. The quantitative estimate of drug-likeness (QED) is 0.151. The lowest BCUT2D eigenvalue weighted by Gasteiger charge is -2.36. The second-order valence-corrected chi connectivity index (χ2v) is 14.6. The number of ether oxygens (including phenoxy) is 2. The molecule has 0 bridgehead atoms. The Balaban J connectivity index is 1.98. The predicted molar refractivity (Wildman–Crippen MR) is 204 cm³/mol. The van der Waals surface area contributed by atoms with E-state index in [-0.39, 0.29) is 22.4 Å². The Morgan fingerprint density at radius 1 is 0.540 bits per heavy atom. The molecule has 268 valence electrons. The molecule has 2 rings (SSSR count). The average Bonchev–Trinajstić information content (AvgIpc) is 2.99. The van der Waals surface area contributed by atoms with E-state index in [9.17, 15) is 19.2 Å². The third kappa shape index (κ3) is 12.7. The van der Waals surface area contributed by atoms with Gasteiger partial charge in [-0.3, -0.25) is 19.2 Å². The van der Waals surface area contributed by atoms with Crippen LogP contribution < -0.4 is 0 Å². The minimum Gasteiger partial charge on any atom is -0.454 e. The van der Waals surface area contributed by atoms with Crippen LogP contribution in [0.2, 0.25) is 0 Å². The van der Waals surface area contributed by atoms with Gasteiger partial charge in [0.2, 0.25) is 0 Å². The normalized spacial score (nSPS) is 22.7. The maximum atomic E-state index is 12.8. The highest BCUT2D eigenvalue weighted by molar-refractivity contribution is 6.02. The van der Waals surface area contributed by atoms with Gasteiger partial charge >= 0.3 is 11.9 Å². The highest BCUT2D eigenvalue weighted by atomic mass is 16.5. The van der Waals surface area contributed by atoms with Gasteiger partial charge in [-0.2, -0.15) is 0 Å². The molecule has 6 nitrogen and oxygen atoms in total. The van der Waals surface area contributed by atoms with Crippen molar-refractivity contribution in [3.8, 4) is 0 Å². The maximum Gasteiger partial charge on any atom is 0.303 e. The van der Waals surface area contributed by atoms with Gasteiger partial charge in [0, 0.05) is 26.7 Å². The summed E-state index contributed by atoms with van der Waals surface area (Å²) < 4.78 is 10.5. The van der Waals surface area contributed by atoms with Crippen molar-refractivity contribution in [3.63, 3.8) is 0 Å². The van der Waals surface area contributed by atoms with Crippen molar-refractivity contribution in [1.29, 1.82) is 0 Å². The summed E-state index contributed by atoms with van der Waals surface area (Å²) in [4.78, 5) is 48.4. The fourth-order valence-electron chi connectivity index (χ4n) is 6.16. The van der Waals surface area contributed by atoms with Gasteiger partial charge in [0.15, 0.2) is 23.8 Å². The van der Waals surface area contributed by atoms with Gasteiger partial charge in [0.25, 0.3) is 0 Å². The molecule has 50 heavy (non-hydrogen) atoms. The van der Waals surface area contributed by atoms with Crippen molar-refractivity contribution in [2.45, 2.75) is 108 Å². The molecule has 0 unspecified atom stereocenters. The Hall–Kier alpha value is -4.58. The Morgan fingerprint density at radius 2 is 0.840 bits per heavy atom. The summed E-state index contributed by atoms with van der Waals surface area (Å²) in [7, 11) is 0. The Labute approximate surface area is 300 Å². The van der Waals surface area contributed by atoms with Crippen LogP contribution in [0.4, 0.5) is 0 Å². The summed E-state index contributed by atoms with van der Waals surface area (Å²) in [6.07, 6.45) is 27.8. The summed E-state index contributed by atoms with van der Waals surface area (Å²) >= 11 is 0. The highest BCUT2D eigenvalue weighted by Crippen LogP contribution is 2.42. The van der Waals surface area contributed by atoms with Crippen LogP contribution >= 0.6 is 0 Å². The molecular weight excluding hydrogens is 624 g/mol. The SMILES string of the molecule is CC(=O)O[C@H]1CC(C)(C)C(/C=C/C(C)=C/C=C/C(C)=C/C=C/C=C(C)/C=C/C=C(C)/C=C/C2=C(C)C(=O)[C@H](OC(C)=O)CC2(C)C)=C(C)C1=O. The first-order valence-electron chi connectivity index (χ1n) is 17.2. The van der Waals surface area contributed by atoms with Gasteiger partial charge in [0.1, 0.15) is 0 Å². The topological polar surface area (TPSA) is 86.7 Å². The van der Waals surface area contributed by atoms with E-state index in [0.717, 1.165) is 33.4 Å². The third-order valence-corrected chi connectivity index (χ3v) is 8.89. The lowest BCUT2D eigenvalue weighted by atomic mass is 9.71. The second-order valence-electron chi connectivity index (χ2n) is 14.6. The van der Waals surface area contributed by atoms with Crippen molar-refractivity contribution < 1.29 is 28.7 Å². The number of rotatable bonds is 12.